The van der Waals surface area contributed by atoms with Gasteiger partial charge in [0.1, 0.15) is 0 Å². The molecule has 0 rings (SSSR count). The van der Waals surface area contributed by atoms with Gasteiger partial charge in [0.15, 0.2) is 0 Å². The highest BCUT2D eigenvalue weighted by Gasteiger charge is 1.98. The highest BCUT2D eigenvalue weighted by Crippen LogP contribution is 1.94. The number of aliphatic hydroxyl groups excluding tert-OH is 1. The largest absolute Gasteiger partial charge is 0.393 e. The number of hydrogen-bond acceptors (Lipinski definition) is 4. The van der Waals surface area contributed by atoms with E-state index in [2.05, 4.69) is 5.32 Å². The third-order valence-corrected chi connectivity index (χ3v) is 2.20. The van der Waals surface area contributed by atoms with Gasteiger partial charge in [-0.25, -0.2) is 0 Å². The summed E-state index contributed by atoms with van der Waals surface area (Å²) in [5.41, 5.74) is 0. The summed E-state index contributed by atoms with van der Waals surface area (Å²) in [6.45, 7) is 5.93. The molecule has 0 spiro atoms. The van der Waals surface area contributed by atoms with Crippen molar-refractivity contribution in [1.29, 1.82) is 0 Å². The van der Waals surface area contributed by atoms with Crippen molar-refractivity contribution in [3.05, 3.63) is 0 Å². The lowest BCUT2D eigenvalue weighted by Crippen LogP contribution is -2.22. The maximum Gasteiger partial charge on any atom is 0.0700 e. The van der Waals surface area contributed by atoms with Gasteiger partial charge in [-0.15, -0.1) is 0 Å². The van der Waals surface area contributed by atoms with Gasteiger partial charge in [-0.1, -0.05) is 6.92 Å². The Hall–Kier alpha value is -0.160. The minimum absolute atomic E-state index is 0.157. The van der Waals surface area contributed by atoms with Crippen LogP contribution in [-0.4, -0.2) is 51.2 Å². The van der Waals surface area contributed by atoms with Gasteiger partial charge in [-0.05, 0) is 32.4 Å². The minimum atomic E-state index is -0.157. The summed E-state index contributed by atoms with van der Waals surface area (Å²) in [6, 6.07) is 0. The summed E-state index contributed by atoms with van der Waals surface area (Å²) in [6.07, 6.45) is 2.52. The Kier molecular flexibility index (Phi) is 11.8. The van der Waals surface area contributed by atoms with E-state index in [1.807, 2.05) is 6.92 Å². The van der Waals surface area contributed by atoms with Gasteiger partial charge in [-0.3, -0.25) is 0 Å². The van der Waals surface area contributed by atoms with E-state index in [9.17, 15) is 5.11 Å². The molecule has 92 valence electrons. The highest BCUT2D eigenvalue weighted by atomic mass is 16.5. The summed E-state index contributed by atoms with van der Waals surface area (Å²) in [4.78, 5) is 0. The second-order valence-corrected chi connectivity index (χ2v) is 3.56. The SMILES string of the molecule is CCC(O)CCNCCCOCCOC. The number of methoxy groups -OCH3 is 1. The predicted molar refractivity (Wildman–Crippen MR) is 61.1 cm³/mol. The van der Waals surface area contributed by atoms with Crippen LogP contribution in [0, 0.1) is 0 Å². The molecule has 0 amide bonds. The van der Waals surface area contributed by atoms with E-state index in [4.69, 9.17) is 9.47 Å². The van der Waals surface area contributed by atoms with E-state index >= 15 is 0 Å². The van der Waals surface area contributed by atoms with Gasteiger partial charge in [-0.2, -0.15) is 0 Å². The lowest BCUT2D eigenvalue weighted by atomic mass is 10.2. The number of nitrogens with one attached hydrogen (secondary N) is 1. The van der Waals surface area contributed by atoms with Crippen LogP contribution in [0.5, 0.6) is 0 Å². The van der Waals surface area contributed by atoms with Crippen molar-refractivity contribution >= 4 is 0 Å². The third-order valence-electron chi connectivity index (χ3n) is 2.20. The molecule has 0 aromatic heterocycles. The normalized spacial score (nSPS) is 13.0. The second kappa shape index (κ2) is 11.9. The third kappa shape index (κ3) is 11.8. The molecule has 2 N–H and O–H groups in total. The minimum Gasteiger partial charge on any atom is -0.393 e. The number of aliphatic hydroxyl groups is 1. The van der Waals surface area contributed by atoms with Gasteiger partial charge in [0.25, 0.3) is 0 Å². The molecule has 0 aliphatic rings. The first-order valence-electron chi connectivity index (χ1n) is 5.76. The molecule has 0 saturated heterocycles. The molecule has 0 saturated carbocycles. The lowest BCUT2D eigenvalue weighted by molar-refractivity contribution is 0.0694. The first kappa shape index (κ1) is 14.8. The molecule has 4 heteroatoms. The van der Waals surface area contributed by atoms with Crippen molar-refractivity contribution in [1.82, 2.24) is 5.32 Å². The van der Waals surface area contributed by atoms with Crippen molar-refractivity contribution in [2.24, 2.45) is 0 Å². The van der Waals surface area contributed by atoms with Crippen molar-refractivity contribution in [2.75, 3.05) is 40.0 Å². The summed E-state index contributed by atoms with van der Waals surface area (Å²) in [5.74, 6) is 0. The van der Waals surface area contributed by atoms with Crippen LogP contribution >= 0.6 is 0 Å². The van der Waals surface area contributed by atoms with Crippen molar-refractivity contribution in [3.8, 4) is 0 Å². The average Bonchev–Trinajstić information content (AvgIpc) is 2.26. The molecule has 0 fully saturated rings. The summed E-state index contributed by atoms with van der Waals surface area (Å²) >= 11 is 0. The number of rotatable bonds is 11. The maximum absolute atomic E-state index is 9.28. The number of hydrogen-bond donors (Lipinski definition) is 2. The molecule has 0 aromatic carbocycles. The Morgan fingerprint density at radius 3 is 2.67 bits per heavy atom. The Labute approximate surface area is 93.0 Å². The second-order valence-electron chi connectivity index (χ2n) is 3.56. The van der Waals surface area contributed by atoms with Crippen molar-refractivity contribution < 1.29 is 14.6 Å². The molecule has 4 nitrogen and oxygen atoms in total. The maximum atomic E-state index is 9.28. The quantitative estimate of drug-likeness (QED) is 0.504. The lowest BCUT2D eigenvalue weighted by Gasteiger charge is -2.08. The van der Waals surface area contributed by atoms with E-state index in [1.165, 1.54) is 0 Å². The van der Waals surface area contributed by atoms with Gasteiger partial charge in [0, 0.05) is 13.7 Å². The highest BCUT2D eigenvalue weighted by molar-refractivity contribution is 4.55. The molecule has 1 atom stereocenters. The molecular weight excluding hydrogens is 194 g/mol. The Morgan fingerprint density at radius 1 is 1.20 bits per heavy atom. The molecule has 0 bridgehead atoms. The molecular formula is C11H25NO3. The van der Waals surface area contributed by atoms with Crippen LogP contribution in [0.1, 0.15) is 26.2 Å². The summed E-state index contributed by atoms with van der Waals surface area (Å²) in [7, 11) is 1.67. The zero-order valence-corrected chi connectivity index (χ0v) is 10.00. The fourth-order valence-corrected chi connectivity index (χ4v) is 1.14. The summed E-state index contributed by atoms with van der Waals surface area (Å²) < 4.78 is 10.2. The Balaban J connectivity index is 2.92. The van der Waals surface area contributed by atoms with E-state index in [1.54, 1.807) is 7.11 Å². The first-order chi connectivity index (χ1) is 7.31. The average molecular weight is 219 g/mol. The molecule has 0 radical (unpaired) electrons. The summed E-state index contributed by atoms with van der Waals surface area (Å²) in [5, 5.41) is 12.5. The van der Waals surface area contributed by atoms with Crippen LogP contribution in [0.25, 0.3) is 0 Å². The fraction of sp³-hybridized carbons (Fsp3) is 1.00. The van der Waals surface area contributed by atoms with Crippen LogP contribution in [0.15, 0.2) is 0 Å². The topological polar surface area (TPSA) is 50.7 Å². The zero-order chi connectivity index (χ0) is 11.4. The molecule has 0 aliphatic carbocycles. The van der Waals surface area contributed by atoms with Gasteiger partial charge < -0.3 is 19.9 Å². The Morgan fingerprint density at radius 2 is 2.00 bits per heavy atom. The predicted octanol–water partition coefficient (Wildman–Crippen LogP) is 0.790. The van der Waals surface area contributed by atoms with Gasteiger partial charge in [0.2, 0.25) is 0 Å². The van der Waals surface area contributed by atoms with E-state index in [-0.39, 0.29) is 6.10 Å². The zero-order valence-electron chi connectivity index (χ0n) is 10.00. The van der Waals surface area contributed by atoms with Crippen LogP contribution in [0.4, 0.5) is 0 Å². The molecule has 0 aliphatic heterocycles. The van der Waals surface area contributed by atoms with Gasteiger partial charge in [0.05, 0.1) is 19.3 Å². The molecule has 15 heavy (non-hydrogen) atoms. The standard InChI is InChI=1S/C11H25NO3/c1-3-11(13)5-7-12-6-4-8-15-10-9-14-2/h11-13H,3-10H2,1-2H3. The molecule has 0 heterocycles. The molecule has 1 unspecified atom stereocenters. The number of ether oxygens (including phenoxy) is 2. The van der Waals surface area contributed by atoms with E-state index in [0.29, 0.717) is 13.2 Å². The van der Waals surface area contributed by atoms with Crippen molar-refractivity contribution in [3.63, 3.8) is 0 Å². The van der Waals surface area contributed by atoms with E-state index < -0.39 is 0 Å². The fourth-order valence-electron chi connectivity index (χ4n) is 1.14. The van der Waals surface area contributed by atoms with Crippen molar-refractivity contribution in [2.45, 2.75) is 32.3 Å². The van der Waals surface area contributed by atoms with Gasteiger partial charge >= 0.3 is 0 Å². The van der Waals surface area contributed by atoms with Crippen LogP contribution < -0.4 is 5.32 Å². The van der Waals surface area contributed by atoms with E-state index in [0.717, 1.165) is 39.0 Å². The van der Waals surface area contributed by atoms with Crippen LogP contribution in [-0.2, 0) is 9.47 Å². The monoisotopic (exact) mass is 219 g/mol. The Bertz CT molecular complexity index is 122. The molecule has 0 aromatic rings. The smallest absolute Gasteiger partial charge is 0.0700 e. The first-order valence-corrected chi connectivity index (χ1v) is 5.76. The van der Waals surface area contributed by atoms with Crippen LogP contribution in [0.3, 0.4) is 0 Å². The van der Waals surface area contributed by atoms with Crippen LogP contribution in [0.2, 0.25) is 0 Å².